The molecule has 18 heavy (non-hydrogen) atoms. The second-order valence-corrected chi connectivity index (χ2v) is 4.91. The summed E-state index contributed by atoms with van der Waals surface area (Å²) in [6.45, 7) is 0. The molecule has 0 saturated heterocycles. The molecule has 6 heteroatoms. The van der Waals surface area contributed by atoms with E-state index in [1.807, 2.05) is 0 Å². The number of nitrogens with zero attached hydrogens (tertiary/aromatic N) is 2. The van der Waals surface area contributed by atoms with Gasteiger partial charge in [-0.25, -0.2) is 4.39 Å². The van der Waals surface area contributed by atoms with Crippen molar-refractivity contribution in [2.75, 3.05) is 0 Å². The van der Waals surface area contributed by atoms with Crippen LogP contribution in [0.4, 0.5) is 4.39 Å². The first-order chi connectivity index (χ1) is 8.60. The van der Waals surface area contributed by atoms with Crippen LogP contribution < -0.4 is 5.73 Å². The lowest BCUT2D eigenvalue weighted by Gasteiger charge is -2.34. The minimum Gasteiger partial charge on any atom is -0.334 e. The lowest BCUT2D eigenvalue weighted by molar-refractivity contribution is 0.229. The number of benzene rings is 1. The van der Waals surface area contributed by atoms with E-state index in [1.54, 1.807) is 12.1 Å². The quantitative estimate of drug-likeness (QED) is 0.909. The zero-order valence-electron chi connectivity index (χ0n) is 9.49. The second kappa shape index (κ2) is 4.03. The summed E-state index contributed by atoms with van der Waals surface area (Å²) in [5, 5.41) is 3.84. The van der Waals surface area contributed by atoms with Gasteiger partial charge in [-0.3, -0.25) is 0 Å². The minimum absolute atomic E-state index is 0.0209. The van der Waals surface area contributed by atoms with Gasteiger partial charge in [-0.2, -0.15) is 4.98 Å². The van der Waals surface area contributed by atoms with Gasteiger partial charge in [-0.15, -0.1) is 0 Å². The van der Waals surface area contributed by atoms with Crippen molar-refractivity contribution in [3.63, 3.8) is 0 Å². The van der Waals surface area contributed by atoms with Gasteiger partial charge in [-0.1, -0.05) is 22.8 Å². The van der Waals surface area contributed by atoms with Crippen molar-refractivity contribution < 1.29 is 8.91 Å². The molecule has 2 aromatic rings. The first-order valence-corrected chi connectivity index (χ1v) is 6.05. The number of rotatable bonds is 2. The van der Waals surface area contributed by atoms with Crippen molar-refractivity contribution in [1.29, 1.82) is 0 Å². The molecule has 0 unspecified atom stereocenters. The number of aromatic nitrogens is 2. The third kappa shape index (κ3) is 1.71. The fraction of sp³-hybridized carbons (Fsp3) is 0.333. The molecule has 1 aliphatic carbocycles. The molecule has 3 rings (SSSR count). The van der Waals surface area contributed by atoms with E-state index in [0.29, 0.717) is 11.4 Å². The van der Waals surface area contributed by atoms with Crippen molar-refractivity contribution in [3.8, 4) is 11.5 Å². The van der Waals surface area contributed by atoms with Gasteiger partial charge in [-0.05, 0) is 31.4 Å². The molecule has 0 radical (unpaired) electrons. The van der Waals surface area contributed by atoms with Gasteiger partial charge in [0.1, 0.15) is 5.82 Å². The standard InChI is InChI=1S/C12H11ClFN3O/c13-9-7(3-1-4-8(9)14)10-16-11(17-18-10)12(15)5-2-6-12/h1,3-4H,2,5-6,15H2. The molecule has 0 aliphatic heterocycles. The smallest absolute Gasteiger partial charge is 0.259 e. The van der Waals surface area contributed by atoms with Gasteiger partial charge in [0.05, 0.1) is 16.1 Å². The second-order valence-electron chi connectivity index (χ2n) is 4.53. The molecule has 1 saturated carbocycles. The lowest BCUT2D eigenvalue weighted by atomic mass is 9.77. The third-order valence-electron chi connectivity index (χ3n) is 3.30. The molecule has 94 valence electrons. The van der Waals surface area contributed by atoms with Crippen LogP contribution in [-0.4, -0.2) is 10.1 Å². The molecule has 1 aliphatic rings. The number of hydrogen-bond acceptors (Lipinski definition) is 4. The Hall–Kier alpha value is -1.46. The molecule has 1 aromatic heterocycles. The Morgan fingerprint density at radius 3 is 2.83 bits per heavy atom. The van der Waals surface area contributed by atoms with Crippen LogP contribution in [-0.2, 0) is 5.54 Å². The monoisotopic (exact) mass is 267 g/mol. The van der Waals surface area contributed by atoms with Gasteiger partial charge >= 0.3 is 0 Å². The van der Waals surface area contributed by atoms with Crippen LogP contribution in [0.15, 0.2) is 22.7 Å². The third-order valence-corrected chi connectivity index (χ3v) is 3.68. The molecule has 0 bridgehead atoms. The Bertz CT molecular complexity index is 595. The fourth-order valence-electron chi connectivity index (χ4n) is 1.99. The van der Waals surface area contributed by atoms with E-state index >= 15 is 0 Å². The van der Waals surface area contributed by atoms with Gasteiger partial charge in [0.25, 0.3) is 5.89 Å². The van der Waals surface area contributed by atoms with Crippen LogP contribution in [0.2, 0.25) is 5.02 Å². The first-order valence-electron chi connectivity index (χ1n) is 5.68. The highest BCUT2D eigenvalue weighted by molar-refractivity contribution is 6.33. The van der Waals surface area contributed by atoms with Crippen LogP contribution in [0, 0.1) is 5.82 Å². The van der Waals surface area contributed by atoms with Crippen LogP contribution in [0.5, 0.6) is 0 Å². The Labute approximate surface area is 108 Å². The SMILES string of the molecule is NC1(c2noc(-c3cccc(F)c3Cl)n2)CCC1. The summed E-state index contributed by atoms with van der Waals surface area (Å²) >= 11 is 5.87. The molecule has 0 atom stereocenters. The molecule has 1 heterocycles. The Kier molecular flexibility index (Phi) is 2.60. The van der Waals surface area contributed by atoms with Crippen molar-refractivity contribution >= 4 is 11.6 Å². The highest BCUT2D eigenvalue weighted by Gasteiger charge is 2.39. The van der Waals surface area contributed by atoms with E-state index in [2.05, 4.69) is 10.1 Å². The zero-order chi connectivity index (χ0) is 12.8. The molecule has 0 spiro atoms. The lowest BCUT2D eigenvalue weighted by Crippen LogP contribution is -2.44. The summed E-state index contributed by atoms with van der Waals surface area (Å²) in [7, 11) is 0. The maximum atomic E-state index is 13.3. The van der Waals surface area contributed by atoms with Gasteiger partial charge < -0.3 is 10.3 Å². The van der Waals surface area contributed by atoms with E-state index in [9.17, 15) is 4.39 Å². The normalized spacial score (nSPS) is 17.5. The van der Waals surface area contributed by atoms with E-state index in [0.717, 1.165) is 19.3 Å². The van der Waals surface area contributed by atoms with E-state index in [4.69, 9.17) is 21.9 Å². The predicted octanol–water partition coefficient (Wildman–Crippen LogP) is 2.87. The van der Waals surface area contributed by atoms with E-state index in [-0.39, 0.29) is 10.9 Å². The zero-order valence-corrected chi connectivity index (χ0v) is 10.2. The average molecular weight is 268 g/mol. The molecule has 1 fully saturated rings. The van der Waals surface area contributed by atoms with Crippen LogP contribution in [0.1, 0.15) is 25.1 Å². The van der Waals surface area contributed by atoms with E-state index in [1.165, 1.54) is 6.07 Å². The van der Waals surface area contributed by atoms with Crippen molar-refractivity contribution in [3.05, 3.63) is 34.9 Å². The number of halogens is 2. The van der Waals surface area contributed by atoms with Crippen molar-refractivity contribution in [2.24, 2.45) is 5.73 Å². The maximum absolute atomic E-state index is 13.3. The topological polar surface area (TPSA) is 64.9 Å². The van der Waals surface area contributed by atoms with Gasteiger partial charge in [0.2, 0.25) is 0 Å². The largest absolute Gasteiger partial charge is 0.334 e. The van der Waals surface area contributed by atoms with Crippen molar-refractivity contribution in [1.82, 2.24) is 10.1 Å². The molecular weight excluding hydrogens is 257 g/mol. The summed E-state index contributed by atoms with van der Waals surface area (Å²) in [5.74, 6) is 0.148. The van der Waals surface area contributed by atoms with Crippen molar-refractivity contribution in [2.45, 2.75) is 24.8 Å². The molecule has 2 N–H and O–H groups in total. The Morgan fingerprint density at radius 1 is 1.39 bits per heavy atom. The molecule has 0 amide bonds. The highest BCUT2D eigenvalue weighted by atomic mass is 35.5. The molecular formula is C12H11ClFN3O. The fourth-order valence-corrected chi connectivity index (χ4v) is 2.19. The molecule has 4 nitrogen and oxygen atoms in total. The van der Waals surface area contributed by atoms with Crippen LogP contribution in [0.3, 0.4) is 0 Å². The summed E-state index contributed by atoms with van der Waals surface area (Å²) in [6.07, 6.45) is 2.73. The Balaban J connectivity index is 2.00. The summed E-state index contributed by atoms with van der Waals surface area (Å²) < 4.78 is 18.5. The maximum Gasteiger partial charge on any atom is 0.259 e. The summed E-state index contributed by atoms with van der Waals surface area (Å²) in [4.78, 5) is 4.22. The number of nitrogens with two attached hydrogens (primary N) is 1. The summed E-state index contributed by atoms with van der Waals surface area (Å²) in [5.41, 5.74) is 5.98. The van der Waals surface area contributed by atoms with Gasteiger partial charge in [0, 0.05) is 0 Å². The highest BCUT2D eigenvalue weighted by Crippen LogP contribution is 2.38. The van der Waals surface area contributed by atoms with E-state index < -0.39 is 11.4 Å². The Morgan fingerprint density at radius 2 is 2.17 bits per heavy atom. The number of hydrogen-bond donors (Lipinski definition) is 1. The van der Waals surface area contributed by atoms with Crippen LogP contribution in [0.25, 0.3) is 11.5 Å². The van der Waals surface area contributed by atoms with Gasteiger partial charge in [0.15, 0.2) is 5.82 Å². The minimum atomic E-state index is -0.514. The van der Waals surface area contributed by atoms with Crippen LogP contribution >= 0.6 is 11.6 Å². The predicted molar refractivity (Wildman–Crippen MR) is 64.4 cm³/mol. The summed E-state index contributed by atoms with van der Waals surface area (Å²) in [6, 6.07) is 4.45. The first kappa shape index (κ1) is 11.6. The average Bonchev–Trinajstić information content (AvgIpc) is 2.79. The molecule has 1 aromatic carbocycles.